The molecule has 12 rings (SSSR count). The number of hydrogen-bond donors (Lipinski definition) is 0. The first-order chi connectivity index (χ1) is 35.0. The van der Waals surface area contributed by atoms with Crippen LogP contribution in [0.4, 0.5) is 34.1 Å². The molecular formula is C69H52N2. The highest BCUT2D eigenvalue weighted by atomic mass is 15.2. The molecule has 0 radical (unpaired) electrons. The zero-order valence-corrected chi connectivity index (χ0v) is 40.0. The average molecular weight is 909 g/mol. The van der Waals surface area contributed by atoms with Crippen LogP contribution in [0.5, 0.6) is 0 Å². The van der Waals surface area contributed by atoms with E-state index in [1.54, 1.807) is 0 Å². The van der Waals surface area contributed by atoms with Crippen molar-refractivity contribution in [1.29, 1.82) is 0 Å². The molecule has 0 amide bonds. The van der Waals surface area contributed by atoms with Crippen LogP contribution in [0.1, 0.15) is 25.0 Å². The van der Waals surface area contributed by atoms with Crippen LogP contribution in [0.25, 0.3) is 66.8 Å². The molecule has 0 heterocycles. The number of benzene rings is 11. The summed E-state index contributed by atoms with van der Waals surface area (Å²) in [6.07, 6.45) is 0. The Bertz CT molecular complexity index is 3580. The van der Waals surface area contributed by atoms with Crippen LogP contribution in [0.2, 0.25) is 0 Å². The van der Waals surface area contributed by atoms with E-state index >= 15 is 0 Å². The van der Waals surface area contributed by atoms with Gasteiger partial charge in [-0.2, -0.15) is 0 Å². The van der Waals surface area contributed by atoms with Crippen LogP contribution in [0.15, 0.2) is 279 Å². The maximum absolute atomic E-state index is 2.44. The van der Waals surface area contributed by atoms with Gasteiger partial charge < -0.3 is 9.80 Å². The molecule has 1 aliphatic carbocycles. The zero-order chi connectivity index (χ0) is 47.7. The van der Waals surface area contributed by atoms with Crippen molar-refractivity contribution in [2.24, 2.45) is 0 Å². The van der Waals surface area contributed by atoms with E-state index < -0.39 is 0 Å². The van der Waals surface area contributed by atoms with Crippen molar-refractivity contribution < 1.29 is 0 Å². The summed E-state index contributed by atoms with van der Waals surface area (Å²) in [5.41, 5.74) is 23.3. The van der Waals surface area contributed by atoms with Gasteiger partial charge in [0.05, 0.1) is 0 Å². The molecule has 0 aliphatic heterocycles. The van der Waals surface area contributed by atoms with Gasteiger partial charge in [0.25, 0.3) is 0 Å². The quantitative estimate of drug-likeness (QED) is 0.128. The Morgan fingerprint density at radius 2 is 0.634 bits per heavy atom. The van der Waals surface area contributed by atoms with Gasteiger partial charge in [0.15, 0.2) is 0 Å². The van der Waals surface area contributed by atoms with Gasteiger partial charge in [-0.3, -0.25) is 0 Å². The van der Waals surface area contributed by atoms with Crippen molar-refractivity contribution in [3.8, 4) is 66.8 Å². The second-order valence-electron chi connectivity index (χ2n) is 18.9. The van der Waals surface area contributed by atoms with E-state index in [0.29, 0.717) is 0 Å². The highest BCUT2D eigenvalue weighted by molar-refractivity contribution is 5.96. The molecule has 71 heavy (non-hydrogen) atoms. The van der Waals surface area contributed by atoms with Crippen molar-refractivity contribution in [1.82, 2.24) is 0 Å². The molecule has 11 aromatic carbocycles. The van der Waals surface area contributed by atoms with Crippen LogP contribution < -0.4 is 9.80 Å². The van der Waals surface area contributed by atoms with Crippen molar-refractivity contribution in [3.05, 3.63) is 290 Å². The van der Waals surface area contributed by atoms with Crippen LogP contribution in [0.3, 0.4) is 0 Å². The van der Waals surface area contributed by atoms with Crippen LogP contribution in [0, 0.1) is 0 Å². The molecule has 0 atom stereocenters. The molecule has 338 valence electrons. The Hall–Kier alpha value is -8.98. The van der Waals surface area contributed by atoms with E-state index in [9.17, 15) is 0 Å². The molecule has 0 fully saturated rings. The minimum absolute atomic E-state index is 0.164. The number of para-hydroxylation sites is 2. The third-order valence-corrected chi connectivity index (χ3v) is 14.2. The number of anilines is 6. The largest absolute Gasteiger partial charge is 0.310 e. The summed E-state index contributed by atoms with van der Waals surface area (Å²) >= 11 is 0. The van der Waals surface area contributed by atoms with Gasteiger partial charge in [-0.05, 0) is 151 Å². The molecule has 0 N–H and O–H groups in total. The van der Waals surface area contributed by atoms with E-state index in [1.807, 2.05) is 0 Å². The highest BCUT2D eigenvalue weighted by Gasteiger charge is 2.36. The second kappa shape index (κ2) is 18.5. The van der Waals surface area contributed by atoms with Gasteiger partial charge in [-0.15, -0.1) is 0 Å². The first kappa shape index (κ1) is 43.3. The molecule has 0 saturated carbocycles. The Balaban J connectivity index is 1.09. The summed E-state index contributed by atoms with van der Waals surface area (Å²) in [5.74, 6) is 0. The zero-order valence-electron chi connectivity index (χ0n) is 40.0. The lowest BCUT2D eigenvalue weighted by Crippen LogP contribution is -2.17. The summed E-state index contributed by atoms with van der Waals surface area (Å²) in [6.45, 7) is 4.72. The fraction of sp³-hybridized carbons (Fsp3) is 0.0435. The summed E-state index contributed by atoms with van der Waals surface area (Å²) in [5, 5.41) is 0. The molecule has 2 nitrogen and oxygen atoms in total. The monoisotopic (exact) mass is 908 g/mol. The van der Waals surface area contributed by atoms with Gasteiger partial charge in [-0.1, -0.05) is 220 Å². The standard InChI is InChI=1S/C69H52N2/c1-69(2)66-37-19-18-34-64(66)65-43-42-59(48-67(65)69)71(57-32-16-7-17-33-57)61-46-55(45-60(47-61)70(56-30-14-6-15-31-56)58-40-38-50(39-41-58)49-22-8-3-9-23-49)53-28-20-29-54(44-53)68-62(51-24-10-4-11-25-51)35-21-36-63(68)52-26-12-5-13-27-52/h3-48H,1-2H3. The highest BCUT2D eigenvalue weighted by Crippen LogP contribution is 2.52. The molecule has 0 aromatic heterocycles. The molecule has 2 heteroatoms. The normalized spacial score (nSPS) is 12.2. The third-order valence-electron chi connectivity index (χ3n) is 14.2. The number of fused-ring (bicyclic) bond motifs is 3. The maximum atomic E-state index is 2.44. The Morgan fingerprint density at radius 1 is 0.225 bits per heavy atom. The number of hydrogen-bond acceptors (Lipinski definition) is 2. The summed E-state index contributed by atoms with van der Waals surface area (Å²) in [4.78, 5) is 4.84. The Morgan fingerprint density at radius 3 is 1.23 bits per heavy atom. The summed E-state index contributed by atoms with van der Waals surface area (Å²) in [7, 11) is 0. The van der Waals surface area contributed by atoms with E-state index in [-0.39, 0.29) is 5.41 Å². The SMILES string of the molecule is CC1(C)c2ccccc2-c2ccc(N(c3ccccc3)c3cc(-c4cccc(-c5c(-c6ccccc6)cccc5-c5ccccc5)c4)cc(N(c4ccccc4)c4ccc(-c5ccccc5)cc4)c3)cc21. The first-order valence-corrected chi connectivity index (χ1v) is 24.6. The van der Waals surface area contributed by atoms with Gasteiger partial charge in [0.2, 0.25) is 0 Å². The predicted molar refractivity (Wildman–Crippen MR) is 301 cm³/mol. The molecule has 11 aromatic rings. The minimum atomic E-state index is -0.164. The average Bonchev–Trinajstić information content (AvgIpc) is 3.67. The van der Waals surface area contributed by atoms with Gasteiger partial charge in [0.1, 0.15) is 0 Å². The summed E-state index contributed by atoms with van der Waals surface area (Å²) < 4.78 is 0. The molecule has 0 saturated heterocycles. The van der Waals surface area contributed by atoms with Crippen LogP contribution >= 0.6 is 0 Å². The second-order valence-corrected chi connectivity index (χ2v) is 18.9. The van der Waals surface area contributed by atoms with Crippen molar-refractivity contribution in [2.45, 2.75) is 19.3 Å². The van der Waals surface area contributed by atoms with Crippen molar-refractivity contribution in [3.63, 3.8) is 0 Å². The van der Waals surface area contributed by atoms with E-state index in [0.717, 1.165) is 50.8 Å². The fourth-order valence-electron chi connectivity index (χ4n) is 10.8. The first-order valence-electron chi connectivity index (χ1n) is 24.6. The number of rotatable bonds is 11. The van der Waals surface area contributed by atoms with Crippen molar-refractivity contribution >= 4 is 34.1 Å². The fourth-order valence-corrected chi connectivity index (χ4v) is 10.8. The van der Waals surface area contributed by atoms with Gasteiger partial charge in [-0.25, -0.2) is 0 Å². The number of nitrogens with zero attached hydrogens (tertiary/aromatic N) is 2. The molecule has 0 bridgehead atoms. The van der Waals surface area contributed by atoms with Gasteiger partial charge >= 0.3 is 0 Å². The van der Waals surface area contributed by atoms with E-state index in [2.05, 4.69) is 303 Å². The predicted octanol–water partition coefficient (Wildman–Crippen LogP) is 19.3. The molecule has 0 unspecified atom stereocenters. The minimum Gasteiger partial charge on any atom is -0.310 e. The lowest BCUT2D eigenvalue weighted by molar-refractivity contribution is 0.660. The van der Waals surface area contributed by atoms with Crippen LogP contribution in [-0.4, -0.2) is 0 Å². The lowest BCUT2D eigenvalue weighted by atomic mass is 9.82. The Labute approximate surface area is 418 Å². The van der Waals surface area contributed by atoms with E-state index in [1.165, 1.54) is 61.2 Å². The summed E-state index contributed by atoms with van der Waals surface area (Å²) in [6, 6.07) is 102. The van der Waals surface area contributed by atoms with E-state index in [4.69, 9.17) is 0 Å². The lowest BCUT2D eigenvalue weighted by Gasteiger charge is -2.31. The molecular weight excluding hydrogens is 857 g/mol. The van der Waals surface area contributed by atoms with Gasteiger partial charge in [0, 0.05) is 39.5 Å². The maximum Gasteiger partial charge on any atom is 0.0488 e. The molecule has 1 aliphatic rings. The Kier molecular flexibility index (Phi) is 11.3. The smallest absolute Gasteiger partial charge is 0.0488 e. The third kappa shape index (κ3) is 8.20. The topological polar surface area (TPSA) is 6.48 Å². The van der Waals surface area contributed by atoms with Crippen LogP contribution in [-0.2, 0) is 5.41 Å². The molecule has 0 spiro atoms. The van der Waals surface area contributed by atoms with Crippen molar-refractivity contribution in [2.75, 3.05) is 9.80 Å².